The Morgan fingerprint density at radius 3 is 2.67 bits per heavy atom. The van der Waals surface area contributed by atoms with Crippen LogP contribution in [0.15, 0.2) is 29.8 Å². The zero-order valence-electron chi connectivity index (χ0n) is 10.7. The summed E-state index contributed by atoms with van der Waals surface area (Å²) >= 11 is 12.1. The third-order valence-corrected chi connectivity index (χ3v) is 3.91. The van der Waals surface area contributed by atoms with Crippen LogP contribution in [-0.2, 0) is 6.42 Å². The molecule has 1 atom stereocenters. The van der Waals surface area contributed by atoms with Crippen LogP contribution >= 0.6 is 23.2 Å². The molecule has 0 spiro atoms. The van der Waals surface area contributed by atoms with Crippen molar-refractivity contribution < 1.29 is 5.11 Å². The van der Waals surface area contributed by atoms with Crippen LogP contribution in [0.25, 0.3) is 0 Å². The maximum absolute atomic E-state index is 9.88. The molecule has 1 nitrogen and oxygen atoms in total. The predicted molar refractivity (Wildman–Crippen MR) is 77.3 cm³/mol. The smallest absolute Gasteiger partial charge is 0.0728 e. The van der Waals surface area contributed by atoms with Crippen LogP contribution in [0.2, 0.25) is 10.0 Å². The second-order valence-corrected chi connectivity index (χ2v) is 6.69. The summed E-state index contributed by atoms with van der Waals surface area (Å²) in [6, 6.07) is 5.58. The molecule has 0 aliphatic heterocycles. The highest BCUT2D eigenvalue weighted by Gasteiger charge is 2.27. The molecule has 0 amide bonds. The van der Waals surface area contributed by atoms with Crippen LogP contribution in [0.3, 0.4) is 0 Å². The van der Waals surface area contributed by atoms with Gasteiger partial charge in [-0.2, -0.15) is 0 Å². The molecule has 0 radical (unpaired) electrons. The highest BCUT2D eigenvalue weighted by Crippen LogP contribution is 2.37. The first kappa shape index (κ1) is 13.9. The molecule has 0 fully saturated rings. The summed E-state index contributed by atoms with van der Waals surface area (Å²) in [6.07, 6.45) is 4.25. The highest BCUT2D eigenvalue weighted by molar-refractivity contribution is 6.35. The largest absolute Gasteiger partial charge is 0.389 e. The minimum atomic E-state index is -0.338. The second-order valence-electron chi connectivity index (χ2n) is 5.85. The van der Waals surface area contributed by atoms with Crippen LogP contribution in [0.4, 0.5) is 0 Å². The van der Waals surface area contributed by atoms with E-state index in [9.17, 15) is 5.11 Å². The Labute approximate surface area is 118 Å². The molecule has 1 aromatic rings. The van der Waals surface area contributed by atoms with E-state index in [4.69, 9.17) is 23.2 Å². The maximum atomic E-state index is 9.88. The molecule has 18 heavy (non-hydrogen) atoms. The van der Waals surface area contributed by atoms with Gasteiger partial charge in [0, 0.05) is 10.0 Å². The number of hydrogen-bond acceptors (Lipinski definition) is 1. The van der Waals surface area contributed by atoms with E-state index in [1.54, 1.807) is 6.07 Å². The SMILES string of the molecule is CC1(C)CC(Cc2ccc(Cl)cc2Cl)=CC(O)C1. The predicted octanol–water partition coefficient (Wildman–Crippen LogP) is 4.64. The Bertz CT molecular complexity index is 477. The van der Waals surface area contributed by atoms with E-state index in [0.29, 0.717) is 10.0 Å². The van der Waals surface area contributed by atoms with Gasteiger partial charge in [-0.15, -0.1) is 0 Å². The lowest BCUT2D eigenvalue weighted by molar-refractivity contribution is 0.138. The van der Waals surface area contributed by atoms with Crippen molar-refractivity contribution in [3.63, 3.8) is 0 Å². The van der Waals surface area contributed by atoms with Gasteiger partial charge in [-0.05, 0) is 42.4 Å². The van der Waals surface area contributed by atoms with Gasteiger partial charge in [0.15, 0.2) is 0 Å². The fourth-order valence-corrected chi connectivity index (χ4v) is 3.15. The summed E-state index contributed by atoms with van der Waals surface area (Å²) in [4.78, 5) is 0. The molecule has 2 rings (SSSR count). The van der Waals surface area contributed by atoms with Gasteiger partial charge in [0.05, 0.1) is 6.10 Å². The maximum Gasteiger partial charge on any atom is 0.0728 e. The average molecular weight is 285 g/mol. The van der Waals surface area contributed by atoms with Crippen LogP contribution in [0.1, 0.15) is 32.3 Å². The number of aliphatic hydroxyl groups excluding tert-OH is 1. The lowest BCUT2D eigenvalue weighted by atomic mass is 9.75. The minimum Gasteiger partial charge on any atom is -0.389 e. The lowest BCUT2D eigenvalue weighted by Gasteiger charge is -2.32. The number of hydrogen-bond donors (Lipinski definition) is 1. The number of allylic oxidation sites excluding steroid dienone is 1. The first-order chi connectivity index (χ1) is 8.35. The van der Waals surface area contributed by atoms with Gasteiger partial charge in [-0.25, -0.2) is 0 Å². The number of halogens is 2. The second kappa shape index (κ2) is 5.24. The Morgan fingerprint density at radius 1 is 1.33 bits per heavy atom. The molecule has 1 aliphatic carbocycles. The number of rotatable bonds is 2. The van der Waals surface area contributed by atoms with Crippen molar-refractivity contribution in [2.24, 2.45) is 5.41 Å². The third kappa shape index (κ3) is 3.50. The van der Waals surface area contributed by atoms with Crippen molar-refractivity contribution in [2.45, 2.75) is 39.2 Å². The Balaban J connectivity index is 2.18. The van der Waals surface area contributed by atoms with Crippen molar-refractivity contribution in [3.8, 4) is 0 Å². The van der Waals surface area contributed by atoms with Crippen molar-refractivity contribution in [3.05, 3.63) is 45.5 Å². The van der Waals surface area contributed by atoms with Gasteiger partial charge < -0.3 is 5.11 Å². The van der Waals surface area contributed by atoms with E-state index in [1.807, 2.05) is 18.2 Å². The monoisotopic (exact) mass is 284 g/mol. The molecule has 1 aromatic carbocycles. The zero-order valence-corrected chi connectivity index (χ0v) is 12.2. The minimum absolute atomic E-state index is 0.155. The van der Waals surface area contributed by atoms with E-state index in [2.05, 4.69) is 13.8 Å². The molecule has 3 heteroatoms. The summed E-state index contributed by atoms with van der Waals surface area (Å²) in [5, 5.41) is 11.2. The van der Waals surface area contributed by atoms with E-state index < -0.39 is 0 Å². The molecule has 0 heterocycles. The molecule has 0 aromatic heterocycles. The summed E-state index contributed by atoms with van der Waals surface area (Å²) in [5.41, 5.74) is 2.47. The first-order valence-corrected chi connectivity index (χ1v) is 6.93. The molecule has 0 saturated heterocycles. The van der Waals surface area contributed by atoms with Crippen LogP contribution in [0, 0.1) is 5.41 Å². The van der Waals surface area contributed by atoms with Crippen molar-refractivity contribution >= 4 is 23.2 Å². The molecule has 0 saturated carbocycles. The summed E-state index contributed by atoms with van der Waals surface area (Å²) in [6.45, 7) is 4.37. The molecule has 1 aliphatic rings. The molecular formula is C15H18Cl2O. The number of aliphatic hydroxyl groups is 1. The average Bonchev–Trinajstić information content (AvgIpc) is 2.19. The van der Waals surface area contributed by atoms with Crippen LogP contribution < -0.4 is 0 Å². The van der Waals surface area contributed by atoms with Gasteiger partial charge in [0.25, 0.3) is 0 Å². The summed E-state index contributed by atoms with van der Waals surface area (Å²) in [7, 11) is 0. The van der Waals surface area contributed by atoms with Gasteiger partial charge in [0.1, 0.15) is 0 Å². The Morgan fingerprint density at radius 2 is 2.06 bits per heavy atom. The van der Waals surface area contributed by atoms with Crippen LogP contribution in [0.5, 0.6) is 0 Å². The Hall–Kier alpha value is -0.500. The van der Waals surface area contributed by atoms with Gasteiger partial charge in [0.2, 0.25) is 0 Å². The highest BCUT2D eigenvalue weighted by atomic mass is 35.5. The van der Waals surface area contributed by atoms with Gasteiger partial charge in [-0.1, -0.05) is 54.8 Å². The Kier molecular flexibility index (Phi) is 4.05. The quantitative estimate of drug-likeness (QED) is 0.785. The summed E-state index contributed by atoms with van der Waals surface area (Å²) in [5.74, 6) is 0. The fraction of sp³-hybridized carbons (Fsp3) is 0.467. The first-order valence-electron chi connectivity index (χ1n) is 6.17. The van der Waals surface area contributed by atoms with Crippen molar-refractivity contribution in [1.82, 2.24) is 0 Å². The molecule has 0 bridgehead atoms. The van der Waals surface area contributed by atoms with Gasteiger partial charge in [-0.3, -0.25) is 0 Å². The molecule has 98 valence electrons. The van der Waals surface area contributed by atoms with Crippen molar-refractivity contribution in [1.29, 1.82) is 0 Å². The topological polar surface area (TPSA) is 20.2 Å². The standard InChI is InChI=1S/C15H18Cl2O/c1-15(2)8-10(6-13(18)9-15)5-11-3-4-12(16)7-14(11)17/h3-4,6-7,13,18H,5,8-9H2,1-2H3. The molecular weight excluding hydrogens is 267 g/mol. The van der Waals surface area contributed by atoms with E-state index in [1.165, 1.54) is 5.57 Å². The fourth-order valence-electron chi connectivity index (χ4n) is 2.67. The van der Waals surface area contributed by atoms with Gasteiger partial charge >= 0.3 is 0 Å². The lowest BCUT2D eigenvalue weighted by Crippen LogP contribution is -2.25. The van der Waals surface area contributed by atoms with Crippen LogP contribution in [-0.4, -0.2) is 11.2 Å². The van der Waals surface area contributed by atoms with Crippen molar-refractivity contribution in [2.75, 3.05) is 0 Å². The third-order valence-electron chi connectivity index (χ3n) is 3.33. The zero-order chi connectivity index (χ0) is 13.3. The summed E-state index contributed by atoms with van der Waals surface area (Å²) < 4.78 is 0. The van der Waals surface area contributed by atoms with E-state index >= 15 is 0 Å². The van der Waals surface area contributed by atoms with E-state index in [-0.39, 0.29) is 11.5 Å². The number of benzene rings is 1. The molecule has 1 N–H and O–H groups in total. The molecule has 1 unspecified atom stereocenters. The van der Waals surface area contributed by atoms with E-state index in [0.717, 1.165) is 24.8 Å². The normalized spacial score (nSPS) is 22.7.